The monoisotopic (exact) mass is 195 g/mol. The lowest BCUT2D eigenvalue weighted by atomic mass is 10.1. The van der Waals surface area contributed by atoms with Crippen LogP contribution in [0.2, 0.25) is 0 Å². The molecule has 0 spiro atoms. The molecular weight excluding hydrogens is 182 g/mol. The summed E-state index contributed by atoms with van der Waals surface area (Å²) >= 11 is 0. The first-order valence-corrected chi connectivity index (χ1v) is 4.40. The number of hydrogen-bond donors (Lipinski definition) is 2. The Morgan fingerprint density at radius 3 is 2.64 bits per heavy atom. The Balaban J connectivity index is 2.77. The molecule has 0 radical (unpaired) electrons. The van der Waals surface area contributed by atoms with E-state index < -0.39 is 12.0 Å². The first-order valence-electron chi connectivity index (χ1n) is 4.40. The summed E-state index contributed by atoms with van der Waals surface area (Å²) in [4.78, 5) is 11.3. The van der Waals surface area contributed by atoms with Gasteiger partial charge in [-0.2, -0.15) is 5.48 Å². The van der Waals surface area contributed by atoms with E-state index in [1.165, 1.54) is 0 Å². The van der Waals surface area contributed by atoms with Crippen molar-refractivity contribution in [3.8, 4) is 0 Å². The topological polar surface area (TPSA) is 58.6 Å². The van der Waals surface area contributed by atoms with Crippen molar-refractivity contribution < 1.29 is 14.7 Å². The van der Waals surface area contributed by atoms with E-state index in [4.69, 9.17) is 9.94 Å². The summed E-state index contributed by atoms with van der Waals surface area (Å²) in [5.41, 5.74) is 2.60. The van der Waals surface area contributed by atoms with E-state index in [0.29, 0.717) is 12.2 Å². The number of rotatable bonds is 4. The molecule has 4 nitrogen and oxygen atoms in total. The van der Waals surface area contributed by atoms with Gasteiger partial charge < -0.3 is 9.94 Å². The third-order valence-electron chi connectivity index (χ3n) is 1.78. The fourth-order valence-corrected chi connectivity index (χ4v) is 1.13. The Bertz CT molecular complexity index is 287. The molecule has 4 heteroatoms. The number of nitrogens with one attached hydrogen (secondary N) is 1. The van der Waals surface area contributed by atoms with Crippen molar-refractivity contribution in [2.75, 3.05) is 6.61 Å². The summed E-state index contributed by atoms with van der Waals surface area (Å²) in [6, 6.07) is 8.09. The van der Waals surface area contributed by atoms with E-state index in [9.17, 15) is 4.79 Å². The zero-order valence-corrected chi connectivity index (χ0v) is 7.93. The highest BCUT2D eigenvalue weighted by molar-refractivity contribution is 5.77. The Labute approximate surface area is 82.5 Å². The van der Waals surface area contributed by atoms with Gasteiger partial charge in [-0.15, -0.1) is 0 Å². The lowest BCUT2D eigenvalue weighted by Crippen LogP contribution is -2.27. The van der Waals surface area contributed by atoms with Gasteiger partial charge >= 0.3 is 5.97 Å². The van der Waals surface area contributed by atoms with Crippen LogP contribution in [0.15, 0.2) is 30.3 Å². The molecular formula is C10H13NO3. The number of ether oxygens (including phenoxy) is 1. The lowest BCUT2D eigenvalue weighted by molar-refractivity contribution is -0.148. The molecule has 0 saturated heterocycles. The molecule has 0 aliphatic rings. The summed E-state index contributed by atoms with van der Waals surface area (Å²) in [5, 5.41) is 8.83. The van der Waals surface area contributed by atoms with Gasteiger partial charge in [-0.1, -0.05) is 30.3 Å². The van der Waals surface area contributed by atoms with Crippen LogP contribution in [0.25, 0.3) is 0 Å². The van der Waals surface area contributed by atoms with Gasteiger partial charge in [-0.25, -0.2) is 4.79 Å². The van der Waals surface area contributed by atoms with E-state index in [2.05, 4.69) is 0 Å². The van der Waals surface area contributed by atoms with Crippen LogP contribution in [0.1, 0.15) is 18.5 Å². The molecule has 76 valence electrons. The first kappa shape index (κ1) is 10.7. The van der Waals surface area contributed by atoms with Crippen LogP contribution in [0, 0.1) is 0 Å². The van der Waals surface area contributed by atoms with Gasteiger partial charge in [0.25, 0.3) is 0 Å². The number of hydrogen-bond acceptors (Lipinski definition) is 4. The van der Waals surface area contributed by atoms with E-state index >= 15 is 0 Å². The van der Waals surface area contributed by atoms with E-state index in [1.807, 2.05) is 11.5 Å². The first-order chi connectivity index (χ1) is 6.79. The number of benzene rings is 1. The zero-order valence-electron chi connectivity index (χ0n) is 7.93. The SMILES string of the molecule is CCOC(=O)C(NO)c1ccccc1. The summed E-state index contributed by atoms with van der Waals surface area (Å²) in [6.07, 6.45) is 0. The molecule has 0 bridgehead atoms. The smallest absolute Gasteiger partial charge is 0.330 e. The molecule has 0 aliphatic heterocycles. The highest BCUT2D eigenvalue weighted by Crippen LogP contribution is 2.13. The van der Waals surface area contributed by atoms with Crippen LogP contribution >= 0.6 is 0 Å². The average molecular weight is 195 g/mol. The minimum atomic E-state index is -0.809. The van der Waals surface area contributed by atoms with Crippen molar-refractivity contribution in [1.29, 1.82) is 0 Å². The number of hydroxylamine groups is 1. The quantitative estimate of drug-likeness (QED) is 0.561. The maximum absolute atomic E-state index is 11.3. The minimum absolute atomic E-state index is 0.295. The summed E-state index contributed by atoms with van der Waals surface area (Å²) in [5.74, 6) is -0.485. The summed E-state index contributed by atoms with van der Waals surface area (Å²) < 4.78 is 4.79. The molecule has 0 aromatic heterocycles. The van der Waals surface area contributed by atoms with Crippen molar-refractivity contribution in [3.05, 3.63) is 35.9 Å². The van der Waals surface area contributed by atoms with Gasteiger partial charge in [-0.05, 0) is 12.5 Å². The second kappa shape index (κ2) is 5.36. The summed E-state index contributed by atoms with van der Waals surface area (Å²) in [7, 11) is 0. The Morgan fingerprint density at radius 1 is 1.50 bits per heavy atom. The molecule has 1 unspecified atom stereocenters. The maximum Gasteiger partial charge on any atom is 0.330 e. The fraction of sp³-hybridized carbons (Fsp3) is 0.300. The highest BCUT2D eigenvalue weighted by atomic mass is 16.5. The lowest BCUT2D eigenvalue weighted by Gasteiger charge is -2.13. The summed E-state index contributed by atoms with van der Waals surface area (Å²) in [6.45, 7) is 2.02. The van der Waals surface area contributed by atoms with Crippen molar-refractivity contribution >= 4 is 5.97 Å². The van der Waals surface area contributed by atoms with Gasteiger partial charge in [0.1, 0.15) is 0 Å². The van der Waals surface area contributed by atoms with E-state index in [-0.39, 0.29) is 0 Å². The number of carbonyl (C=O) groups is 1. The van der Waals surface area contributed by atoms with Crippen molar-refractivity contribution in [1.82, 2.24) is 5.48 Å². The molecule has 0 saturated carbocycles. The van der Waals surface area contributed by atoms with Crippen LogP contribution < -0.4 is 5.48 Å². The zero-order chi connectivity index (χ0) is 10.4. The van der Waals surface area contributed by atoms with Gasteiger partial charge in [0, 0.05) is 0 Å². The standard InChI is InChI=1S/C10H13NO3/c1-2-14-10(12)9(11-13)8-6-4-3-5-7-8/h3-7,9,11,13H,2H2,1H3. The van der Waals surface area contributed by atoms with Gasteiger partial charge in [-0.3, -0.25) is 0 Å². The number of esters is 1. The number of carbonyl (C=O) groups excluding carboxylic acids is 1. The highest BCUT2D eigenvalue weighted by Gasteiger charge is 2.20. The van der Waals surface area contributed by atoms with Crippen LogP contribution in [0.4, 0.5) is 0 Å². The molecule has 0 aliphatic carbocycles. The van der Waals surface area contributed by atoms with Gasteiger partial charge in [0.2, 0.25) is 0 Å². The Hall–Kier alpha value is -1.39. The third-order valence-corrected chi connectivity index (χ3v) is 1.78. The van der Waals surface area contributed by atoms with E-state index in [1.54, 1.807) is 31.2 Å². The maximum atomic E-state index is 11.3. The van der Waals surface area contributed by atoms with Crippen LogP contribution in [-0.2, 0) is 9.53 Å². The molecule has 0 fully saturated rings. The van der Waals surface area contributed by atoms with Crippen molar-refractivity contribution in [2.24, 2.45) is 0 Å². The van der Waals surface area contributed by atoms with Crippen LogP contribution in [0.5, 0.6) is 0 Å². The van der Waals surface area contributed by atoms with Crippen molar-refractivity contribution in [3.63, 3.8) is 0 Å². The fourth-order valence-electron chi connectivity index (χ4n) is 1.13. The largest absolute Gasteiger partial charge is 0.465 e. The Kier molecular flexibility index (Phi) is 4.10. The van der Waals surface area contributed by atoms with Crippen molar-refractivity contribution in [2.45, 2.75) is 13.0 Å². The van der Waals surface area contributed by atoms with E-state index in [0.717, 1.165) is 0 Å². The third kappa shape index (κ3) is 2.55. The molecule has 0 amide bonds. The predicted octanol–water partition coefficient (Wildman–Crippen LogP) is 1.27. The molecule has 2 N–H and O–H groups in total. The molecule has 1 rings (SSSR count). The minimum Gasteiger partial charge on any atom is -0.465 e. The predicted molar refractivity (Wildman–Crippen MR) is 50.7 cm³/mol. The molecule has 1 aromatic rings. The van der Waals surface area contributed by atoms with Gasteiger partial charge in [0.05, 0.1) is 6.61 Å². The van der Waals surface area contributed by atoms with Crippen LogP contribution in [-0.4, -0.2) is 17.8 Å². The van der Waals surface area contributed by atoms with Gasteiger partial charge in [0.15, 0.2) is 6.04 Å². The average Bonchev–Trinajstić information content (AvgIpc) is 2.21. The molecule has 1 atom stereocenters. The van der Waals surface area contributed by atoms with Crippen LogP contribution in [0.3, 0.4) is 0 Å². The normalized spacial score (nSPS) is 12.1. The Morgan fingerprint density at radius 2 is 2.14 bits per heavy atom. The molecule has 0 heterocycles. The molecule has 14 heavy (non-hydrogen) atoms. The second-order valence-electron chi connectivity index (χ2n) is 2.72. The molecule has 1 aromatic carbocycles. The second-order valence-corrected chi connectivity index (χ2v) is 2.72.